The molecule has 1 N–H and O–H groups in total. The number of rotatable bonds is 8. The van der Waals surface area contributed by atoms with Crippen molar-refractivity contribution >= 4 is 0 Å². The first-order valence-electron chi connectivity index (χ1n) is 9.06. The third-order valence-electron chi connectivity index (χ3n) is 4.56. The van der Waals surface area contributed by atoms with Crippen molar-refractivity contribution in [3.8, 4) is 0 Å². The Labute approximate surface area is 151 Å². The van der Waals surface area contributed by atoms with Crippen LogP contribution in [0, 0.1) is 0 Å². The highest BCUT2D eigenvalue weighted by Gasteiger charge is 2.15. The number of hydrogen-bond acceptors (Lipinski definition) is 2. The molecule has 2 unspecified atom stereocenters. The minimum atomic E-state index is 0.332. The topological polar surface area (TPSA) is 24.9 Å². The van der Waals surface area contributed by atoms with Crippen LogP contribution in [-0.4, -0.2) is 17.6 Å². The number of nitrogens with one attached hydrogen (secondary N) is 1. The number of benzene rings is 2. The van der Waals surface area contributed by atoms with Gasteiger partial charge in [0.15, 0.2) is 0 Å². The van der Waals surface area contributed by atoms with Gasteiger partial charge in [-0.1, -0.05) is 66.7 Å². The molecule has 0 bridgehead atoms. The molecule has 1 heterocycles. The van der Waals surface area contributed by atoms with Crippen LogP contribution in [-0.2, 0) is 6.42 Å². The molecule has 0 spiro atoms. The summed E-state index contributed by atoms with van der Waals surface area (Å²) < 4.78 is 0. The maximum absolute atomic E-state index is 4.59. The molecule has 0 saturated heterocycles. The molecule has 0 aliphatic rings. The lowest BCUT2D eigenvalue weighted by Crippen LogP contribution is -2.30. The Morgan fingerprint density at radius 3 is 2.20 bits per heavy atom. The van der Waals surface area contributed by atoms with E-state index in [1.807, 2.05) is 12.3 Å². The summed E-state index contributed by atoms with van der Waals surface area (Å²) in [5, 5.41) is 3.67. The second-order valence-corrected chi connectivity index (χ2v) is 6.55. The van der Waals surface area contributed by atoms with E-state index in [4.69, 9.17) is 0 Å². The Kier molecular flexibility index (Phi) is 6.35. The van der Waals surface area contributed by atoms with E-state index in [-0.39, 0.29) is 0 Å². The molecular formula is C23H26N2. The fraction of sp³-hybridized carbons (Fsp3) is 0.261. The van der Waals surface area contributed by atoms with Crippen molar-refractivity contribution in [2.75, 3.05) is 6.54 Å². The van der Waals surface area contributed by atoms with E-state index in [1.165, 1.54) is 11.1 Å². The van der Waals surface area contributed by atoms with Gasteiger partial charge in [0, 0.05) is 23.9 Å². The standard InChI is InChI=1S/C23H26N2/c1-19(18-20-10-4-2-5-11-20)24-17-15-22(21-12-6-3-7-13-21)23-14-8-9-16-25-23/h2-14,16,19,22,24H,15,17-18H2,1H3. The zero-order chi connectivity index (χ0) is 17.3. The van der Waals surface area contributed by atoms with Crippen molar-refractivity contribution < 1.29 is 0 Å². The Balaban J connectivity index is 1.60. The highest BCUT2D eigenvalue weighted by molar-refractivity contribution is 5.28. The lowest BCUT2D eigenvalue weighted by atomic mass is 9.92. The van der Waals surface area contributed by atoms with Crippen molar-refractivity contribution in [1.82, 2.24) is 10.3 Å². The number of hydrogen-bond donors (Lipinski definition) is 1. The molecule has 0 radical (unpaired) electrons. The third-order valence-corrected chi connectivity index (χ3v) is 4.56. The number of pyridine rings is 1. The van der Waals surface area contributed by atoms with Gasteiger partial charge in [0.25, 0.3) is 0 Å². The highest BCUT2D eigenvalue weighted by atomic mass is 14.9. The highest BCUT2D eigenvalue weighted by Crippen LogP contribution is 2.25. The van der Waals surface area contributed by atoms with Crippen molar-refractivity contribution in [2.24, 2.45) is 0 Å². The largest absolute Gasteiger partial charge is 0.314 e. The van der Waals surface area contributed by atoms with Crippen molar-refractivity contribution in [3.05, 3.63) is 102 Å². The van der Waals surface area contributed by atoms with Gasteiger partial charge in [0.1, 0.15) is 0 Å². The molecule has 2 aromatic carbocycles. The molecule has 0 amide bonds. The molecule has 2 atom stereocenters. The summed E-state index contributed by atoms with van der Waals surface area (Å²) in [6.07, 6.45) is 3.98. The normalized spacial score (nSPS) is 13.3. The Morgan fingerprint density at radius 2 is 1.52 bits per heavy atom. The minimum Gasteiger partial charge on any atom is -0.314 e. The average Bonchev–Trinajstić information content (AvgIpc) is 2.67. The van der Waals surface area contributed by atoms with Crippen LogP contribution in [0.4, 0.5) is 0 Å². The van der Waals surface area contributed by atoms with E-state index < -0.39 is 0 Å². The predicted octanol–water partition coefficient (Wildman–Crippen LogP) is 4.82. The molecule has 0 aliphatic heterocycles. The van der Waals surface area contributed by atoms with Gasteiger partial charge in [-0.2, -0.15) is 0 Å². The maximum atomic E-state index is 4.59. The lowest BCUT2D eigenvalue weighted by Gasteiger charge is -2.19. The van der Waals surface area contributed by atoms with Crippen molar-refractivity contribution in [3.63, 3.8) is 0 Å². The molecule has 0 aliphatic carbocycles. The van der Waals surface area contributed by atoms with Crippen molar-refractivity contribution in [2.45, 2.75) is 31.7 Å². The lowest BCUT2D eigenvalue weighted by molar-refractivity contribution is 0.517. The Morgan fingerprint density at radius 1 is 0.840 bits per heavy atom. The quantitative estimate of drug-likeness (QED) is 0.640. The van der Waals surface area contributed by atoms with Crippen LogP contribution in [0.3, 0.4) is 0 Å². The second kappa shape index (κ2) is 9.14. The zero-order valence-electron chi connectivity index (χ0n) is 14.8. The van der Waals surface area contributed by atoms with Gasteiger partial charge in [-0.05, 0) is 49.6 Å². The number of aromatic nitrogens is 1. The monoisotopic (exact) mass is 330 g/mol. The molecule has 2 nitrogen and oxygen atoms in total. The Hall–Kier alpha value is -2.45. The van der Waals surface area contributed by atoms with Gasteiger partial charge in [-0.3, -0.25) is 4.98 Å². The van der Waals surface area contributed by atoms with E-state index >= 15 is 0 Å². The van der Waals surface area contributed by atoms with Gasteiger partial charge in [0.05, 0.1) is 0 Å². The van der Waals surface area contributed by atoms with Gasteiger partial charge in [-0.15, -0.1) is 0 Å². The van der Waals surface area contributed by atoms with Gasteiger partial charge >= 0.3 is 0 Å². The van der Waals surface area contributed by atoms with Crippen LogP contribution in [0.5, 0.6) is 0 Å². The van der Waals surface area contributed by atoms with E-state index in [1.54, 1.807) is 0 Å². The summed E-state index contributed by atoms with van der Waals surface area (Å²) in [7, 11) is 0. The van der Waals surface area contributed by atoms with Crippen LogP contribution in [0.25, 0.3) is 0 Å². The molecule has 0 fully saturated rings. The molecule has 3 aromatic rings. The predicted molar refractivity (Wildman–Crippen MR) is 105 cm³/mol. The summed E-state index contributed by atoms with van der Waals surface area (Å²) in [4.78, 5) is 4.59. The van der Waals surface area contributed by atoms with E-state index in [9.17, 15) is 0 Å². The fourth-order valence-electron chi connectivity index (χ4n) is 3.27. The third kappa shape index (κ3) is 5.27. The van der Waals surface area contributed by atoms with Crippen LogP contribution >= 0.6 is 0 Å². The summed E-state index contributed by atoms with van der Waals surface area (Å²) in [5.74, 6) is 0.332. The van der Waals surface area contributed by atoms with Crippen LogP contribution in [0.2, 0.25) is 0 Å². The van der Waals surface area contributed by atoms with Gasteiger partial charge in [0.2, 0.25) is 0 Å². The molecule has 2 heteroatoms. The molecule has 1 aromatic heterocycles. The van der Waals surface area contributed by atoms with Gasteiger partial charge in [-0.25, -0.2) is 0 Å². The van der Waals surface area contributed by atoms with Crippen molar-refractivity contribution in [1.29, 1.82) is 0 Å². The summed E-state index contributed by atoms with van der Waals surface area (Å²) in [6, 6.07) is 28.0. The first-order chi connectivity index (χ1) is 12.3. The van der Waals surface area contributed by atoms with E-state index in [0.29, 0.717) is 12.0 Å². The average molecular weight is 330 g/mol. The molecule has 3 rings (SSSR count). The maximum Gasteiger partial charge on any atom is 0.0478 e. The van der Waals surface area contributed by atoms with E-state index in [2.05, 4.69) is 90.0 Å². The zero-order valence-corrected chi connectivity index (χ0v) is 14.8. The fourth-order valence-corrected chi connectivity index (χ4v) is 3.27. The summed E-state index contributed by atoms with van der Waals surface area (Å²) in [5.41, 5.74) is 3.86. The molecule has 128 valence electrons. The van der Waals surface area contributed by atoms with Gasteiger partial charge < -0.3 is 5.32 Å². The van der Waals surface area contributed by atoms with E-state index in [0.717, 1.165) is 25.1 Å². The Bertz CT molecular complexity index is 686. The number of nitrogens with zero attached hydrogens (tertiary/aromatic N) is 1. The summed E-state index contributed by atoms with van der Waals surface area (Å²) >= 11 is 0. The van der Waals surface area contributed by atoms with Crippen LogP contribution < -0.4 is 5.32 Å². The molecule has 25 heavy (non-hydrogen) atoms. The van der Waals surface area contributed by atoms with Crippen LogP contribution in [0.15, 0.2) is 85.1 Å². The molecule has 0 saturated carbocycles. The SMILES string of the molecule is CC(Cc1ccccc1)NCCC(c1ccccc1)c1ccccn1. The summed E-state index contributed by atoms with van der Waals surface area (Å²) in [6.45, 7) is 3.23. The first kappa shape index (κ1) is 17.4. The smallest absolute Gasteiger partial charge is 0.0478 e. The second-order valence-electron chi connectivity index (χ2n) is 6.55. The first-order valence-corrected chi connectivity index (χ1v) is 9.06. The molecular weight excluding hydrogens is 304 g/mol. The minimum absolute atomic E-state index is 0.332. The van der Waals surface area contributed by atoms with Crippen LogP contribution in [0.1, 0.15) is 36.1 Å².